The van der Waals surface area contributed by atoms with E-state index in [2.05, 4.69) is 59.7 Å². The number of nitrogens with zero attached hydrogens (tertiary/aromatic N) is 1. The molecule has 82 valence electrons. The third-order valence-electron chi connectivity index (χ3n) is 3.34. The molecule has 0 saturated carbocycles. The minimum atomic E-state index is 0.300. The van der Waals surface area contributed by atoms with Crippen LogP contribution in [0.3, 0.4) is 0 Å². The monoisotopic (exact) mass is 212 g/mol. The van der Waals surface area contributed by atoms with Crippen LogP contribution in [-0.4, -0.2) is 11.9 Å². The molecule has 0 bridgehead atoms. The minimum Gasteiger partial charge on any atom is -0.363 e. The van der Waals surface area contributed by atoms with Crippen molar-refractivity contribution in [3.63, 3.8) is 0 Å². The highest BCUT2D eigenvalue weighted by Gasteiger charge is 2.28. The zero-order valence-electron chi connectivity index (χ0n) is 9.48. The lowest BCUT2D eigenvalue weighted by molar-refractivity contribution is 0.324. The summed E-state index contributed by atoms with van der Waals surface area (Å²) in [5.74, 6) is 0. The van der Waals surface area contributed by atoms with Crippen molar-refractivity contribution in [3.8, 4) is 0 Å². The highest BCUT2D eigenvalue weighted by molar-refractivity contribution is 5.35. The number of likely N-dealkylation sites (N-methyl/N-ethyl adjacent to an activating group) is 1. The maximum Gasteiger partial charge on any atom is 0.125 e. The number of benzene rings is 1. The van der Waals surface area contributed by atoms with Crippen LogP contribution in [0.2, 0.25) is 0 Å². The molecule has 2 heteroatoms. The largest absolute Gasteiger partial charge is 0.363 e. The van der Waals surface area contributed by atoms with Gasteiger partial charge in [0.15, 0.2) is 0 Å². The first-order valence-electron chi connectivity index (χ1n) is 5.80. The summed E-state index contributed by atoms with van der Waals surface area (Å²) < 4.78 is 0. The summed E-state index contributed by atoms with van der Waals surface area (Å²) in [6.07, 6.45) is 7.08. The Morgan fingerprint density at radius 1 is 1.25 bits per heavy atom. The number of rotatable bonds is 1. The predicted molar refractivity (Wildman–Crippen MR) is 65.5 cm³/mol. The van der Waals surface area contributed by atoms with Gasteiger partial charge in [0, 0.05) is 12.7 Å². The van der Waals surface area contributed by atoms with Gasteiger partial charge < -0.3 is 10.2 Å². The Bertz CT molecular complexity index is 445. The molecule has 0 spiro atoms. The zero-order chi connectivity index (χ0) is 11.0. The van der Waals surface area contributed by atoms with E-state index in [0.29, 0.717) is 6.17 Å². The molecule has 1 atom stereocenters. The van der Waals surface area contributed by atoms with Crippen LogP contribution in [-0.2, 0) is 0 Å². The summed E-state index contributed by atoms with van der Waals surface area (Å²) >= 11 is 0. The zero-order valence-corrected chi connectivity index (χ0v) is 9.48. The molecule has 0 radical (unpaired) electrons. The summed E-state index contributed by atoms with van der Waals surface area (Å²) in [7, 11) is 2.16. The molecule has 0 fully saturated rings. The number of nitrogens with one attached hydrogen (secondary N) is 1. The fourth-order valence-corrected chi connectivity index (χ4v) is 2.47. The summed E-state index contributed by atoms with van der Waals surface area (Å²) in [6, 6.07) is 10.6. The second kappa shape index (κ2) is 3.71. The Labute approximate surface area is 96.3 Å². The van der Waals surface area contributed by atoms with Crippen LogP contribution in [0.4, 0.5) is 0 Å². The average molecular weight is 212 g/mol. The van der Waals surface area contributed by atoms with Crippen molar-refractivity contribution in [2.45, 2.75) is 19.0 Å². The first-order valence-corrected chi connectivity index (χ1v) is 5.80. The fourth-order valence-electron chi connectivity index (χ4n) is 2.47. The number of hydrogen-bond acceptors (Lipinski definition) is 2. The van der Waals surface area contributed by atoms with Gasteiger partial charge in [0.2, 0.25) is 0 Å². The van der Waals surface area contributed by atoms with Crippen LogP contribution in [0, 0.1) is 0 Å². The van der Waals surface area contributed by atoms with Crippen molar-refractivity contribution in [2.24, 2.45) is 0 Å². The minimum absolute atomic E-state index is 0.300. The molecule has 1 aliphatic heterocycles. The van der Waals surface area contributed by atoms with Gasteiger partial charge in [-0.3, -0.25) is 0 Å². The first-order chi connectivity index (χ1) is 7.86. The van der Waals surface area contributed by atoms with E-state index in [1.165, 1.54) is 17.0 Å². The van der Waals surface area contributed by atoms with Gasteiger partial charge in [-0.2, -0.15) is 0 Å². The Morgan fingerprint density at radius 3 is 2.81 bits per heavy atom. The lowest BCUT2D eigenvalue weighted by Crippen LogP contribution is -2.25. The molecule has 1 aliphatic carbocycles. The van der Waals surface area contributed by atoms with Crippen LogP contribution < -0.4 is 5.32 Å². The van der Waals surface area contributed by atoms with E-state index in [-0.39, 0.29) is 0 Å². The third-order valence-corrected chi connectivity index (χ3v) is 3.34. The van der Waals surface area contributed by atoms with Gasteiger partial charge in [-0.1, -0.05) is 36.4 Å². The topological polar surface area (TPSA) is 15.3 Å². The van der Waals surface area contributed by atoms with Crippen molar-refractivity contribution in [2.75, 3.05) is 7.05 Å². The van der Waals surface area contributed by atoms with Gasteiger partial charge >= 0.3 is 0 Å². The maximum absolute atomic E-state index is 3.61. The van der Waals surface area contributed by atoms with Crippen molar-refractivity contribution >= 4 is 0 Å². The van der Waals surface area contributed by atoms with E-state index in [1.54, 1.807) is 0 Å². The molecule has 3 rings (SSSR count). The number of hydrogen-bond donors (Lipinski definition) is 1. The highest BCUT2D eigenvalue weighted by atomic mass is 15.3. The molecule has 1 heterocycles. The lowest BCUT2D eigenvalue weighted by Gasteiger charge is -2.23. The Hall–Kier alpha value is -1.70. The Morgan fingerprint density at radius 2 is 2.06 bits per heavy atom. The summed E-state index contributed by atoms with van der Waals surface area (Å²) in [4.78, 5) is 2.32. The van der Waals surface area contributed by atoms with E-state index in [9.17, 15) is 0 Å². The second-order valence-electron chi connectivity index (χ2n) is 4.37. The fraction of sp³-hybridized carbons (Fsp3) is 0.286. The summed E-state index contributed by atoms with van der Waals surface area (Å²) in [6.45, 7) is 0. The van der Waals surface area contributed by atoms with Gasteiger partial charge in [-0.05, 0) is 24.5 Å². The van der Waals surface area contributed by atoms with Gasteiger partial charge in [-0.15, -0.1) is 0 Å². The molecule has 1 aromatic carbocycles. The van der Waals surface area contributed by atoms with Crippen molar-refractivity contribution in [1.29, 1.82) is 0 Å². The van der Waals surface area contributed by atoms with Crippen LogP contribution in [0.1, 0.15) is 24.6 Å². The normalized spacial score (nSPS) is 23.3. The molecule has 1 aromatic rings. The van der Waals surface area contributed by atoms with Gasteiger partial charge in [-0.25, -0.2) is 0 Å². The van der Waals surface area contributed by atoms with E-state index in [1.807, 2.05) is 0 Å². The third kappa shape index (κ3) is 1.42. The van der Waals surface area contributed by atoms with Crippen molar-refractivity contribution in [3.05, 3.63) is 59.4 Å². The standard InChI is InChI=1S/C14H16N2/c1-16-13-10-6-5-9-12(13)15-14(16)11-7-3-2-4-8-11/h2-4,6-8,10,14-15H,5,9H2,1H3. The molecule has 2 nitrogen and oxygen atoms in total. The summed E-state index contributed by atoms with van der Waals surface area (Å²) in [5.41, 5.74) is 4.06. The van der Waals surface area contributed by atoms with Crippen molar-refractivity contribution in [1.82, 2.24) is 10.2 Å². The molecule has 16 heavy (non-hydrogen) atoms. The molecular weight excluding hydrogens is 196 g/mol. The van der Waals surface area contributed by atoms with Crippen LogP contribution in [0.15, 0.2) is 53.9 Å². The van der Waals surface area contributed by atoms with E-state index < -0.39 is 0 Å². The SMILES string of the molecule is CN1C2=C(CCC=C2)NC1c1ccccc1. The van der Waals surface area contributed by atoms with Crippen LogP contribution in [0.5, 0.6) is 0 Å². The molecule has 1 unspecified atom stereocenters. The van der Waals surface area contributed by atoms with Crippen molar-refractivity contribution < 1.29 is 0 Å². The maximum atomic E-state index is 3.61. The van der Waals surface area contributed by atoms with Crippen LogP contribution in [0.25, 0.3) is 0 Å². The van der Waals surface area contributed by atoms with E-state index >= 15 is 0 Å². The average Bonchev–Trinajstić information content (AvgIpc) is 2.69. The lowest BCUT2D eigenvalue weighted by atomic mass is 10.1. The predicted octanol–water partition coefficient (Wildman–Crippen LogP) is 2.78. The molecule has 1 N–H and O–H groups in total. The van der Waals surface area contributed by atoms with Gasteiger partial charge in [0.05, 0.1) is 5.70 Å². The Balaban J connectivity index is 1.90. The van der Waals surface area contributed by atoms with E-state index in [0.717, 1.165) is 12.8 Å². The van der Waals surface area contributed by atoms with Gasteiger partial charge in [0.1, 0.15) is 6.17 Å². The molecule has 2 aliphatic rings. The van der Waals surface area contributed by atoms with Gasteiger partial charge in [0.25, 0.3) is 0 Å². The quantitative estimate of drug-likeness (QED) is 0.770. The van der Waals surface area contributed by atoms with Crippen LogP contribution >= 0.6 is 0 Å². The Kier molecular flexibility index (Phi) is 2.21. The number of allylic oxidation sites excluding steroid dienone is 3. The van der Waals surface area contributed by atoms with E-state index in [4.69, 9.17) is 0 Å². The molecule has 0 aromatic heterocycles. The molecule has 0 saturated heterocycles. The smallest absolute Gasteiger partial charge is 0.125 e. The first kappa shape index (κ1) is 9.52. The second-order valence-corrected chi connectivity index (χ2v) is 4.37. The highest BCUT2D eigenvalue weighted by Crippen LogP contribution is 2.33. The molecule has 0 amide bonds. The molecular formula is C14H16N2. The summed E-state index contributed by atoms with van der Waals surface area (Å²) in [5, 5.41) is 3.61.